The highest BCUT2D eigenvalue weighted by Crippen LogP contribution is 2.24. The Morgan fingerprint density at radius 3 is 2.33 bits per heavy atom. The third kappa shape index (κ3) is 4.40. The fourth-order valence-corrected chi connectivity index (χ4v) is 4.07. The number of thioether (sulfide) groups is 1. The van der Waals surface area contributed by atoms with Gasteiger partial charge in [0.1, 0.15) is 5.69 Å². The molecule has 150 valence electrons. The lowest BCUT2D eigenvalue weighted by Gasteiger charge is -2.05. The van der Waals surface area contributed by atoms with Gasteiger partial charge in [0.15, 0.2) is 0 Å². The van der Waals surface area contributed by atoms with E-state index in [1.807, 2.05) is 36.4 Å². The van der Waals surface area contributed by atoms with Crippen LogP contribution in [-0.4, -0.2) is 21.3 Å². The Balaban J connectivity index is 1.67. The Bertz CT molecular complexity index is 1170. The molecule has 0 amide bonds. The van der Waals surface area contributed by atoms with E-state index in [-0.39, 0.29) is 5.56 Å². The zero-order valence-electron chi connectivity index (χ0n) is 16.2. The predicted octanol–water partition coefficient (Wildman–Crippen LogP) is 5.31. The molecule has 3 aromatic carbocycles. The van der Waals surface area contributed by atoms with Gasteiger partial charge in [0, 0.05) is 10.8 Å². The second-order valence-electron chi connectivity index (χ2n) is 6.82. The number of halogens is 1. The number of H-pyrrole nitrogens is 1. The van der Waals surface area contributed by atoms with Crippen molar-refractivity contribution in [2.75, 3.05) is 0 Å². The molecule has 4 aromatic rings. The van der Waals surface area contributed by atoms with Crippen LogP contribution in [0.2, 0.25) is 5.02 Å². The second-order valence-corrected chi connectivity index (χ2v) is 8.20. The summed E-state index contributed by atoms with van der Waals surface area (Å²) in [4.78, 5) is 11.0. The average Bonchev–Trinajstić information content (AvgIpc) is 3.17. The Labute approximate surface area is 183 Å². The lowest BCUT2D eigenvalue weighted by molar-refractivity contribution is -0.625. The molecule has 2 N–H and O–H groups in total. The van der Waals surface area contributed by atoms with Gasteiger partial charge in [0.05, 0.1) is 16.2 Å². The monoisotopic (exact) mass is 436 g/mol. The van der Waals surface area contributed by atoms with Crippen molar-refractivity contribution in [2.24, 2.45) is 0 Å². The van der Waals surface area contributed by atoms with E-state index >= 15 is 0 Å². The van der Waals surface area contributed by atoms with E-state index in [1.54, 1.807) is 23.9 Å². The number of nitrogens with one attached hydrogen (secondary N) is 1. The summed E-state index contributed by atoms with van der Waals surface area (Å²) in [5.74, 6) is 0.599. The molecular weight excluding hydrogens is 418 g/mol. The van der Waals surface area contributed by atoms with Gasteiger partial charge in [0.2, 0.25) is 0 Å². The normalized spacial score (nSPS) is 10.9. The van der Waals surface area contributed by atoms with Crippen LogP contribution in [0, 0.1) is 6.92 Å². The number of carboxylic acids is 1. The Morgan fingerprint density at radius 1 is 1.03 bits per heavy atom. The van der Waals surface area contributed by atoms with Crippen LogP contribution in [0.3, 0.4) is 0 Å². The average molecular weight is 437 g/mol. The molecule has 7 heteroatoms. The van der Waals surface area contributed by atoms with Crippen LogP contribution >= 0.6 is 23.4 Å². The molecule has 0 aliphatic rings. The molecule has 0 saturated heterocycles. The number of aromatic carboxylic acids is 1. The highest BCUT2D eigenvalue weighted by atomic mass is 35.5. The SMILES string of the molecule is Cc1ccc(-[n+]2c(SCc3ccc(C(=O)O)cc3)n[nH]c2-c2ccc(Cl)cc2)cc1. The van der Waals surface area contributed by atoms with E-state index in [0.717, 1.165) is 27.8 Å². The van der Waals surface area contributed by atoms with Crippen molar-refractivity contribution in [2.45, 2.75) is 17.8 Å². The number of carboxylic acid groups (broad SMARTS) is 1. The maximum atomic E-state index is 11.0. The third-order valence-electron chi connectivity index (χ3n) is 4.65. The Kier molecular flexibility index (Phi) is 5.88. The molecular formula is C23H19ClN3O2S+. The largest absolute Gasteiger partial charge is 0.478 e. The molecule has 0 spiro atoms. The first-order valence-corrected chi connectivity index (χ1v) is 10.7. The van der Waals surface area contributed by atoms with E-state index in [9.17, 15) is 4.79 Å². The first-order chi connectivity index (χ1) is 14.5. The lowest BCUT2D eigenvalue weighted by atomic mass is 10.1. The van der Waals surface area contributed by atoms with Crippen molar-refractivity contribution in [1.29, 1.82) is 0 Å². The summed E-state index contributed by atoms with van der Waals surface area (Å²) in [7, 11) is 0. The van der Waals surface area contributed by atoms with E-state index in [1.165, 1.54) is 5.56 Å². The maximum absolute atomic E-state index is 11.0. The van der Waals surface area contributed by atoms with Crippen LogP contribution < -0.4 is 4.57 Å². The molecule has 1 heterocycles. The molecule has 0 aliphatic heterocycles. The summed E-state index contributed by atoms with van der Waals surface area (Å²) in [5.41, 5.74) is 4.47. The number of aromatic amines is 1. The molecule has 0 atom stereocenters. The Morgan fingerprint density at radius 2 is 1.70 bits per heavy atom. The standard InChI is InChI=1S/C23H18ClN3O2S/c1-15-2-12-20(13-3-15)27-21(17-8-10-19(24)11-9-17)25-26-23(27)30-14-16-4-6-18(7-5-16)22(28)29/h2-13H,14H2,1H3,(H,28,29)/p+1. The summed E-state index contributed by atoms with van der Waals surface area (Å²) in [5, 5.41) is 18.3. The van der Waals surface area contributed by atoms with Gasteiger partial charge in [-0.05, 0) is 72.8 Å². The summed E-state index contributed by atoms with van der Waals surface area (Å²) >= 11 is 7.63. The highest BCUT2D eigenvalue weighted by molar-refractivity contribution is 7.98. The number of benzene rings is 3. The van der Waals surface area contributed by atoms with Gasteiger partial charge in [-0.3, -0.25) is 0 Å². The van der Waals surface area contributed by atoms with Crippen LogP contribution in [0.1, 0.15) is 21.5 Å². The van der Waals surface area contributed by atoms with Crippen molar-refractivity contribution in [3.05, 3.63) is 94.5 Å². The molecule has 0 fully saturated rings. The number of aromatic nitrogens is 3. The summed E-state index contributed by atoms with van der Waals surface area (Å²) in [6.45, 7) is 2.06. The van der Waals surface area contributed by atoms with Gasteiger partial charge < -0.3 is 5.11 Å². The summed E-state index contributed by atoms with van der Waals surface area (Å²) in [6.07, 6.45) is 0. The number of carbonyl (C=O) groups is 1. The van der Waals surface area contributed by atoms with Crippen LogP contribution in [0.25, 0.3) is 17.1 Å². The minimum Gasteiger partial charge on any atom is -0.478 e. The van der Waals surface area contributed by atoms with E-state index < -0.39 is 5.97 Å². The number of rotatable bonds is 6. The minimum atomic E-state index is -0.925. The van der Waals surface area contributed by atoms with Gasteiger partial charge in [0.25, 0.3) is 5.82 Å². The number of nitrogens with zero attached hydrogens (tertiary/aromatic N) is 2. The summed E-state index contributed by atoms with van der Waals surface area (Å²) < 4.78 is 2.08. The van der Waals surface area contributed by atoms with Gasteiger partial charge in [-0.25, -0.2) is 4.79 Å². The van der Waals surface area contributed by atoms with Crippen LogP contribution in [-0.2, 0) is 5.75 Å². The molecule has 1 aromatic heterocycles. The highest BCUT2D eigenvalue weighted by Gasteiger charge is 2.24. The smallest absolute Gasteiger partial charge is 0.342 e. The molecule has 30 heavy (non-hydrogen) atoms. The van der Waals surface area contributed by atoms with Gasteiger partial charge >= 0.3 is 11.1 Å². The first kappa shape index (κ1) is 20.2. The van der Waals surface area contributed by atoms with Crippen molar-refractivity contribution >= 4 is 29.3 Å². The van der Waals surface area contributed by atoms with E-state index in [4.69, 9.17) is 16.7 Å². The molecule has 0 bridgehead atoms. The fraction of sp³-hybridized carbons (Fsp3) is 0.0870. The number of hydrogen-bond acceptors (Lipinski definition) is 3. The van der Waals surface area contributed by atoms with E-state index in [0.29, 0.717) is 10.8 Å². The maximum Gasteiger partial charge on any atom is 0.342 e. The summed E-state index contributed by atoms with van der Waals surface area (Å²) in [6, 6.07) is 22.8. The van der Waals surface area contributed by atoms with Crippen LogP contribution in [0.5, 0.6) is 0 Å². The van der Waals surface area contributed by atoms with E-state index in [2.05, 4.69) is 46.0 Å². The number of aryl methyl sites for hydroxylation is 1. The molecule has 4 rings (SSSR count). The Hall–Kier alpha value is -3.09. The van der Waals surface area contributed by atoms with Crippen molar-refractivity contribution in [3.8, 4) is 17.1 Å². The third-order valence-corrected chi connectivity index (χ3v) is 5.91. The van der Waals surface area contributed by atoms with Crippen molar-refractivity contribution in [3.63, 3.8) is 0 Å². The minimum absolute atomic E-state index is 0.281. The topological polar surface area (TPSA) is 69.9 Å². The van der Waals surface area contributed by atoms with Gasteiger partial charge in [-0.2, -0.15) is 4.57 Å². The molecule has 5 nitrogen and oxygen atoms in total. The fourth-order valence-electron chi connectivity index (χ4n) is 3.02. The molecule has 0 unspecified atom stereocenters. The van der Waals surface area contributed by atoms with Crippen LogP contribution in [0.4, 0.5) is 0 Å². The van der Waals surface area contributed by atoms with Crippen LogP contribution in [0.15, 0.2) is 78.0 Å². The lowest BCUT2D eigenvalue weighted by Crippen LogP contribution is -2.33. The number of hydrogen-bond donors (Lipinski definition) is 2. The van der Waals surface area contributed by atoms with Gasteiger partial charge in [-0.15, -0.1) is 5.10 Å². The zero-order valence-corrected chi connectivity index (χ0v) is 17.7. The molecule has 0 aliphatic carbocycles. The first-order valence-electron chi connectivity index (χ1n) is 9.30. The molecule has 0 radical (unpaired) electrons. The predicted molar refractivity (Wildman–Crippen MR) is 118 cm³/mol. The second kappa shape index (κ2) is 8.73. The van der Waals surface area contributed by atoms with Crippen molar-refractivity contribution < 1.29 is 14.5 Å². The zero-order chi connectivity index (χ0) is 21.1. The van der Waals surface area contributed by atoms with Gasteiger partial charge in [-0.1, -0.05) is 41.4 Å². The quantitative estimate of drug-likeness (QED) is 0.317. The van der Waals surface area contributed by atoms with Crippen molar-refractivity contribution in [1.82, 2.24) is 10.2 Å². The molecule has 0 saturated carbocycles.